The number of nitrogens with zero attached hydrogens (tertiary/aromatic N) is 1. The third-order valence-corrected chi connectivity index (χ3v) is 4.11. The lowest BCUT2D eigenvalue weighted by Gasteiger charge is -2.21. The van der Waals surface area contributed by atoms with Gasteiger partial charge in [0.15, 0.2) is 0 Å². The number of benzene rings is 1. The standard InChI is InChI=1S/C19H29N3O4/c1-6-22(12-18(24)21-19(25)26-7-2)11-17(23)20-15(5)16-9-8-13(3)14(4)10-16/h8-10,15H,6-7,11-12H2,1-5H3,(H,20,23)(H,21,24,25)/t15-/m0/s1. The van der Waals surface area contributed by atoms with E-state index in [0.29, 0.717) is 6.54 Å². The molecule has 0 aliphatic rings. The Morgan fingerprint density at radius 3 is 2.31 bits per heavy atom. The predicted octanol–water partition coefficient (Wildman–Crippen LogP) is 2.08. The van der Waals surface area contributed by atoms with Crippen LogP contribution >= 0.6 is 0 Å². The summed E-state index contributed by atoms with van der Waals surface area (Å²) >= 11 is 0. The van der Waals surface area contributed by atoms with Gasteiger partial charge in [0.1, 0.15) is 0 Å². The summed E-state index contributed by atoms with van der Waals surface area (Å²) in [6, 6.07) is 5.96. The van der Waals surface area contributed by atoms with E-state index in [1.807, 2.05) is 39.8 Å². The summed E-state index contributed by atoms with van der Waals surface area (Å²) in [6.07, 6.45) is -0.777. The van der Waals surface area contributed by atoms with Crippen LogP contribution in [0.25, 0.3) is 0 Å². The molecule has 1 aromatic carbocycles. The van der Waals surface area contributed by atoms with Crippen LogP contribution < -0.4 is 10.6 Å². The van der Waals surface area contributed by atoms with Gasteiger partial charge in [-0.2, -0.15) is 0 Å². The molecule has 7 heteroatoms. The number of hydrogen-bond donors (Lipinski definition) is 2. The molecule has 0 bridgehead atoms. The van der Waals surface area contributed by atoms with Gasteiger partial charge in [-0.1, -0.05) is 25.1 Å². The molecule has 7 nitrogen and oxygen atoms in total. The second-order valence-electron chi connectivity index (χ2n) is 6.20. The Kier molecular flexibility index (Phi) is 8.78. The van der Waals surface area contributed by atoms with Crippen LogP contribution in [0.1, 0.15) is 43.5 Å². The summed E-state index contributed by atoms with van der Waals surface area (Å²) in [4.78, 5) is 37.0. The average molecular weight is 363 g/mol. The number of amides is 3. The number of aryl methyl sites for hydroxylation is 2. The first-order valence-corrected chi connectivity index (χ1v) is 8.82. The highest BCUT2D eigenvalue weighted by molar-refractivity contribution is 5.93. The van der Waals surface area contributed by atoms with E-state index in [-0.39, 0.29) is 31.6 Å². The number of likely N-dealkylation sites (N-methyl/N-ethyl adjacent to an activating group) is 1. The normalized spacial score (nSPS) is 11.8. The Labute approximate surface area is 155 Å². The molecule has 0 unspecified atom stereocenters. The molecule has 26 heavy (non-hydrogen) atoms. The summed E-state index contributed by atoms with van der Waals surface area (Å²) in [7, 11) is 0. The van der Waals surface area contributed by atoms with E-state index in [0.717, 1.165) is 5.56 Å². The van der Waals surface area contributed by atoms with Gasteiger partial charge in [0.05, 0.1) is 25.7 Å². The highest BCUT2D eigenvalue weighted by Crippen LogP contribution is 2.16. The Morgan fingerprint density at radius 2 is 1.73 bits per heavy atom. The number of carbonyl (C=O) groups is 3. The summed E-state index contributed by atoms with van der Waals surface area (Å²) < 4.78 is 4.66. The van der Waals surface area contributed by atoms with E-state index in [1.54, 1.807) is 11.8 Å². The lowest BCUT2D eigenvalue weighted by atomic mass is 10.0. The lowest BCUT2D eigenvalue weighted by molar-refractivity contribution is -0.125. The third-order valence-electron chi connectivity index (χ3n) is 4.11. The minimum atomic E-state index is -0.777. The van der Waals surface area contributed by atoms with Gasteiger partial charge in [0, 0.05) is 0 Å². The molecule has 0 saturated heterocycles. The first kappa shape index (κ1) is 21.6. The maximum absolute atomic E-state index is 12.3. The highest BCUT2D eigenvalue weighted by Gasteiger charge is 2.17. The first-order valence-electron chi connectivity index (χ1n) is 8.82. The monoisotopic (exact) mass is 363 g/mol. The van der Waals surface area contributed by atoms with Crippen LogP contribution in [0.5, 0.6) is 0 Å². The van der Waals surface area contributed by atoms with Crippen LogP contribution in [-0.2, 0) is 14.3 Å². The number of imide groups is 1. The van der Waals surface area contributed by atoms with E-state index >= 15 is 0 Å². The fourth-order valence-corrected chi connectivity index (χ4v) is 2.41. The molecule has 0 aromatic heterocycles. The van der Waals surface area contributed by atoms with Gasteiger partial charge >= 0.3 is 6.09 Å². The second kappa shape index (κ2) is 10.6. The maximum atomic E-state index is 12.3. The zero-order chi connectivity index (χ0) is 19.7. The van der Waals surface area contributed by atoms with Crippen LogP contribution in [0.2, 0.25) is 0 Å². The van der Waals surface area contributed by atoms with Crippen LogP contribution in [0, 0.1) is 13.8 Å². The summed E-state index contributed by atoms with van der Waals surface area (Å²) in [6.45, 7) is 10.2. The quantitative estimate of drug-likeness (QED) is 0.738. The second-order valence-corrected chi connectivity index (χ2v) is 6.20. The molecule has 0 heterocycles. The molecule has 2 N–H and O–H groups in total. The molecule has 1 atom stereocenters. The Bertz CT molecular complexity index is 646. The predicted molar refractivity (Wildman–Crippen MR) is 99.8 cm³/mol. The SMILES string of the molecule is CCOC(=O)NC(=O)CN(CC)CC(=O)N[C@@H](C)c1ccc(C)c(C)c1. The van der Waals surface area contributed by atoms with Gasteiger partial charge in [0.25, 0.3) is 0 Å². The summed E-state index contributed by atoms with van der Waals surface area (Å²) in [5, 5.41) is 5.06. The van der Waals surface area contributed by atoms with Gasteiger partial charge in [0.2, 0.25) is 11.8 Å². The zero-order valence-corrected chi connectivity index (χ0v) is 16.2. The zero-order valence-electron chi connectivity index (χ0n) is 16.2. The molecule has 1 rings (SSSR count). The van der Waals surface area contributed by atoms with E-state index in [1.165, 1.54) is 11.1 Å². The van der Waals surface area contributed by atoms with Crippen molar-refractivity contribution in [3.8, 4) is 0 Å². The van der Waals surface area contributed by atoms with Crippen molar-refractivity contribution in [2.75, 3.05) is 26.2 Å². The maximum Gasteiger partial charge on any atom is 0.413 e. The van der Waals surface area contributed by atoms with Crippen molar-refractivity contribution in [1.29, 1.82) is 0 Å². The van der Waals surface area contributed by atoms with E-state index < -0.39 is 12.0 Å². The van der Waals surface area contributed by atoms with Crippen molar-refractivity contribution < 1.29 is 19.1 Å². The van der Waals surface area contributed by atoms with Crippen molar-refractivity contribution >= 4 is 17.9 Å². The lowest BCUT2D eigenvalue weighted by Crippen LogP contribution is -2.44. The Balaban J connectivity index is 2.54. The van der Waals surface area contributed by atoms with Gasteiger partial charge in [-0.3, -0.25) is 19.8 Å². The van der Waals surface area contributed by atoms with Gasteiger partial charge in [-0.05, 0) is 50.9 Å². The number of ether oxygens (including phenoxy) is 1. The van der Waals surface area contributed by atoms with Crippen molar-refractivity contribution in [2.45, 2.75) is 40.7 Å². The number of nitrogens with one attached hydrogen (secondary N) is 2. The van der Waals surface area contributed by atoms with Crippen molar-refractivity contribution in [3.05, 3.63) is 34.9 Å². The van der Waals surface area contributed by atoms with E-state index in [2.05, 4.69) is 21.4 Å². The molecule has 0 aliphatic heterocycles. The molecule has 0 aliphatic carbocycles. The number of carbonyl (C=O) groups excluding carboxylic acids is 3. The molecule has 0 radical (unpaired) electrons. The molecule has 0 saturated carbocycles. The largest absolute Gasteiger partial charge is 0.450 e. The van der Waals surface area contributed by atoms with Crippen LogP contribution in [0.15, 0.2) is 18.2 Å². The van der Waals surface area contributed by atoms with E-state index in [4.69, 9.17) is 0 Å². The molecular weight excluding hydrogens is 334 g/mol. The Morgan fingerprint density at radius 1 is 1.08 bits per heavy atom. The highest BCUT2D eigenvalue weighted by atomic mass is 16.5. The van der Waals surface area contributed by atoms with Crippen LogP contribution in [-0.4, -0.2) is 49.0 Å². The Hall–Kier alpha value is -2.41. The molecule has 3 amide bonds. The van der Waals surface area contributed by atoms with Crippen molar-refractivity contribution in [3.63, 3.8) is 0 Å². The molecule has 144 valence electrons. The molecule has 0 spiro atoms. The summed E-state index contributed by atoms with van der Waals surface area (Å²) in [5.74, 6) is -0.679. The van der Waals surface area contributed by atoms with Crippen LogP contribution in [0.3, 0.4) is 0 Å². The number of alkyl carbamates (subject to hydrolysis) is 1. The van der Waals surface area contributed by atoms with E-state index in [9.17, 15) is 14.4 Å². The van der Waals surface area contributed by atoms with Gasteiger partial charge < -0.3 is 10.1 Å². The molecule has 0 fully saturated rings. The van der Waals surface area contributed by atoms with Crippen molar-refractivity contribution in [1.82, 2.24) is 15.5 Å². The smallest absolute Gasteiger partial charge is 0.413 e. The number of rotatable bonds is 8. The summed E-state index contributed by atoms with van der Waals surface area (Å²) in [5.41, 5.74) is 3.41. The molecule has 1 aromatic rings. The fourth-order valence-electron chi connectivity index (χ4n) is 2.41. The minimum absolute atomic E-state index is 0.0548. The van der Waals surface area contributed by atoms with Crippen molar-refractivity contribution in [2.24, 2.45) is 0 Å². The van der Waals surface area contributed by atoms with Gasteiger partial charge in [-0.15, -0.1) is 0 Å². The molecular formula is C19H29N3O4. The topological polar surface area (TPSA) is 87.7 Å². The average Bonchev–Trinajstić information content (AvgIpc) is 2.56. The van der Waals surface area contributed by atoms with Crippen LogP contribution in [0.4, 0.5) is 4.79 Å². The number of hydrogen-bond acceptors (Lipinski definition) is 5. The first-order chi connectivity index (χ1) is 12.3. The third kappa shape index (κ3) is 7.23. The van der Waals surface area contributed by atoms with Gasteiger partial charge in [-0.25, -0.2) is 4.79 Å². The fraction of sp³-hybridized carbons (Fsp3) is 0.526. The minimum Gasteiger partial charge on any atom is -0.450 e.